The molecular weight excluding hydrogens is 258 g/mol. The van der Waals surface area contributed by atoms with E-state index in [4.69, 9.17) is 5.73 Å². The van der Waals surface area contributed by atoms with E-state index >= 15 is 0 Å². The van der Waals surface area contributed by atoms with Crippen LogP contribution in [0.4, 0.5) is 17.6 Å². The van der Waals surface area contributed by atoms with Crippen LogP contribution in [0.3, 0.4) is 0 Å². The molecule has 0 saturated carbocycles. The summed E-state index contributed by atoms with van der Waals surface area (Å²) in [5.74, 6) is -3.80. The number of aryl methyl sites for hydroxylation is 1. The lowest BCUT2D eigenvalue weighted by Crippen LogP contribution is -2.15. The molecule has 2 N–H and O–H groups in total. The van der Waals surface area contributed by atoms with Gasteiger partial charge >= 0.3 is 0 Å². The molecule has 0 aromatic heterocycles. The third-order valence-corrected chi connectivity index (χ3v) is 2.92. The molecule has 2 aromatic rings. The molecule has 100 valence electrons. The fourth-order valence-electron chi connectivity index (χ4n) is 1.82. The van der Waals surface area contributed by atoms with Crippen molar-refractivity contribution >= 4 is 0 Å². The monoisotopic (exact) mass is 269 g/mol. The Morgan fingerprint density at radius 2 is 1.47 bits per heavy atom. The molecule has 0 aliphatic rings. The van der Waals surface area contributed by atoms with Crippen molar-refractivity contribution in [3.8, 4) is 0 Å². The molecule has 0 amide bonds. The predicted molar refractivity (Wildman–Crippen MR) is 63.5 cm³/mol. The van der Waals surface area contributed by atoms with Crippen LogP contribution in [-0.2, 0) is 0 Å². The van der Waals surface area contributed by atoms with Gasteiger partial charge in [0.2, 0.25) is 0 Å². The van der Waals surface area contributed by atoms with Crippen LogP contribution in [-0.4, -0.2) is 0 Å². The number of nitrogens with two attached hydrogens (primary N) is 1. The van der Waals surface area contributed by atoms with Gasteiger partial charge in [0.25, 0.3) is 0 Å². The van der Waals surface area contributed by atoms with E-state index in [9.17, 15) is 17.6 Å². The molecule has 1 nitrogen and oxygen atoms in total. The van der Waals surface area contributed by atoms with Gasteiger partial charge in [-0.05, 0) is 30.2 Å². The summed E-state index contributed by atoms with van der Waals surface area (Å²) in [4.78, 5) is 0. The van der Waals surface area contributed by atoms with Gasteiger partial charge in [0, 0.05) is 11.6 Å². The molecule has 0 fully saturated rings. The summed E-state index contributed by atoms with van der Waals surface area (Å²) >= 11 is 0. The summed E-state index contributed by atoms with van der Waals surface area (Å²) in [5, 5.41) is 0. The number of rotatable bonds is 2. The molecule has 0 aliphatic carbocycles. The first kappa shape index (κ1) is 13.5. The van der Waals surface area contributed by atoms with Crippen molar-refractivity contribution in [3.63, 3.8) is 0 Å². The summed E-state index contributed by atoms with van der Waals surface area (Å²) in [6.45, 7) is 1.53. The average molecular weight is 269 g/mol. The molecule has 0 aliphatic heterocycles. The first-order valence-corrected chi connectivity index (χ1v) is 5.56. The van der Waals surface area contributed by atoms with E-state index in [1.807, 2.05) is 0 Å². The normalized spacial score (nSPS) is 12.5. The van der Waals surface area contributed by atoms with Crippen LogP contribution in [0.5, 0.6) is 0 Å². The van der Waals surface area contributed by atoms with Crippen molar-refractivity contribution in [2.24, 2.45) is 5.73 Å². The van der Waals surface area contributed by atoms with Crippen molar-refractivity contribution in [3.05, 3.63) is 70.3 Å². The smallest absolute Gasteiger partial charge is 0.161 e. The molecular formula is C14H11F4N. The standard InChI is InChI=1S/C14H11F4N/c1-7-4-8(2-3-10(7)15)14(19)9-5-12(17)13(18)6-11(9)16/h2-6,14H,19H2,1H3. The number of benzene rings is 2. The Bertz CT molecular complexity index is 625. The molecule has 0 heterocycles. The topological polar surface area (TPSA) is 26.0 Å². The number of hydrogen-bond acceptors (Lipinski definition) is 1. The maximum absolute atomic E-state index is 13.6. The van der Waals surface area contributed by atoms with Crippen LogP contribution in [0.25, 0.3) is 0 Å². The van der Waals surface area contributed by atoms with Crippen molar-refractivity contribution in [1.82, 2.24) is 0 Å². The summed E-state index contributed by atoms with van der Waals surface area (Å²) in [7, 11) is 0. The Hall–Kier alpha value is -1.88. The second-order valence-corrected chi connectivity index (χ2v) is 4.27. The lowest BCUT2D eigenvalue weighted by molar-refractivity contribution is 0.487. The third kappa shape index (κ3) is 2.61. The highest BCUT2D eigenvalue weighted by atomic mass is 19.2. The Labute approximate surface area is 107 Å². The van der Waals surface area contributed by atoms with Crippen LogP contribution in [0, 0.1) is 30.2 Å². The van der Waals surface area contributed by atoms with Gasteiger partial charge in [-0.15, -0.1) is 0 Å². The van der Waals surface area contributed by atoms with Gasteiger partial charge in [-0.3, -0.25) is 0 Å². The van der Waals surface area contributed by atoms with Gasteiger partial charge < -0.3 is 5.73 Å². The van der Waals surface area contributed by atoms with E-state index in [1.165, 1.54) is 25.1 Å². The van der Waals surface area contributed by atoms with Crippen LogP contribution >= 0.6 is 0 Å². The number of hydrogen-bond donors (Lipinski definition) is 1. The zero-order valence-electron chi connectivity index (χ0n) is 10.1. The minimum Gasteiger partial charge on any atom is -0.320 e. The molecule has 5 heteroatoms. The first-order chi connectivity index (χ1) is 8.90. The van der Waals surface area contributed by atoms with E-state index in [0.717, 1.165) is 0 Å². The highest BCUT2D eigenvalue weighted by Gasteiger charge is 2.17. The van der Waals surface area contributed by atoms with E-state index in [0.29, 0.717) is 23.3 Å². The minimum atomic E-state index is -1.27. The highest BCUT2D eigenvalue weighted by molar-refractivity contribution is 5.35. The van der Waals surface area contributed by atoms with E-state index in [-0.39, 0.29) is 5.56 Å². The molecule has 0 saturated heterocycles. The van der Waals surface area contributed by atoms with Crippen LogP contribution in [0.15, 0.2) is 30.3 Å². The van der Waals surface area contributed by atoms with Gasteiger partial charge in [0.05, 0.1) is 6.04 Å². The molecule has 0 radical (unpaired) electrons. The van der Waals surface area contributed by atoms with Gasteiger partial charge in [-0.2, -0.15) is 0 Å². The average Bonchev–Trinajstić information content (AvgIpc) is 2.36. The largest absolute Gasteiger partial charge is 0.320 e. The van der Waals surface area contributed by atoms with Crippen LogP contribution in [0.2, 0.25) is 0 Å². The Kier molecular flexibility index (Phi) is 3.57. The maximum Gasteiger partial charge on any atom is 0.161 e. The lowest BCUT2D eigenvalue weighted by atomic mass is 9.97. The first-order valence-electron chi connectivity index (χ1n) is 5.56. The zero-order chi connectivity index (χ0) is 14.2. The Morgan fingerprint density at radius 3 is 2.11 bits per heavy atom. The van der Waals surface area contributed by atoms with Crippen molar-refractivity contribution in [2.75, 3.05) is 0 Å². The van der Waals surface area contributed by atoms with Crippen molar-refractivity contribution < 1.29 is 17.6 Å². The quantitative estimate of drug-likeness (QED) is 0.654. The molecule has 19 heavy (non-hydrogen) atoms. The second kappa shape index (κ2) is 5.01. The van der Waals surface area contributed by atoms with Crippen molar-refractivity contribution in [2.45, 2.75) is 13.0 Å². The van der Waals surface area contributed by atoms with Crippen LogP contribution < -0.4 is 5.73 Å². The fraction of sp³-hybridized carbons (Fsp3) is 0.143. The van der Waals surface area contributed by atoms with Crippen LogP contribution in [0.1, 0.15) is 22.7 Å². The summed E-state index contributed by atoms with van der Waals surface area (Å²) < 4.78 is 52.7. The van der Waals surface area contributed by atoms with E-state index < -0.39 is 29.3 Å². The SMILES string of the molecule is Cc1cc(C(N)c2cc(F)c(F)cc2F)ccc1F. The van der Waals surface area contributed by atoms with E-state index in [1.54, 1.807) is 0 Å². The zero-order valence-corrected chi connectivity index (χ0v) is 10.1. The minimum absolute atomic E-state index is 0.176. The fourth-order valence-corrected chi connectivity index (χ4v) is 1.82. The summed E-state index contributed by atoms with van der Waals surface area (Å²) in [6, 6.07) is 4.19. The second-order valence-electron chi connectivity index (χ2n) is 4.27. The molecule has 0 spiro atoms. The van der Waals surface area contributed by atoms with Gasteiger partial charge in [0.1, 0.15) is 11.6 Å². The van der Waals surface area contributed by atoms with E-state index in [2.05, 4.69) is 0 Å². The Balaban J connectivity index is 2.46. The molecule has 1 unspecified atom stereocenters. The lowest BCUT2D eigenvalue weighted by Gasteiger charge is -2.14. The van der Waals surface area contributed by atoms with Gasteiger partial charge in [0.15, 0.2) is 11.6 Å². The maximum atomic E-state index is 13.6. The third-order valence-electron chi connectivity index (χ3n) is 2.92. The Morgan fingerprint density at radius 1 is 0.842 bits per heavy atom. The molecule has 0 bridgehead atoms. The predicted octanol–water partition coefficient (Wildman–Crippen LogP) is 3.60. The molecule has 1 atom stereocenters. The molecule has 2 aromatic carbocycles. The molecule has 2 rings (SSSR count). The highest BCUT2D eigenvalue weighted by Crippen LogP contribution is 2.25. The summed E-state index contributed by atoms with van der Waals surface area (Å²) in [6.07, 6.45) is 0. The van der Waals surface area contributed by atoms with Gasteiger partial charge in [-0.1, -0.05) is 12.1 Å². The number of halogens is 4. The van der Waals surface area contributed by atoms with Crippen molar-refractivity contribution in [1.29, 1.82) is 0 Å². The van der Waals surface area contributed by atoms with Gasteiger partial charge in [-0.25, -0.2) is 17.6 Å². The summed E-state index contributed by atoms with van der Waals surface area (Å²) in [5.41, 5.74) is 6.39.